The van der Waals surface area contributed by atoms with Gasteiger partial charge in [0, 0.05) is 25.7 Å². The molecule has 0 radical (unpaired) electrons. The molecule has 1 atom stereocenters. The van der Waals surface area contributed by atoms with E-state index in [1.165, 1.54) is 6.07 Å². The molecule has 1 aliphatic heterocycles. The van der Waals surface area contributed by atoms with Crippen LogP contribution in [0.3, 0.4) is 0 Å². The first kappa shape index (κ1) is 11.9. The van der Waals surface area contributed by atoms with Crippen LogP contribution in [0.25, 0.3) is 0 Å². The van der Waals surface area contributed by atoms with Crippen LogP contribution < -0.4 is 10.6 Å². The monoisotopic (exact) mass is 237 g/mol. The molecule has 1 aliphatic rings. The average Bonchev–Trinajstić information content (AvgIpc) is 2.32. The minimum Gasteiger partial charge on any atom is -0.322 e. The largest absolute Gasteiger partial charge is 0.322 e. The standard InChI is InChI=1S/C12H16FN3O/c1-9-8-16(7-6-14-9)12(17)15-11-5-3-2-4-10(11)13/h2-5,9,14H,6-8H2,1H3,(H,15,17)/t9-/m0/s1. The molecule has 2 N–H and O–H groups in total. The van der Waals surface area contributed by atoms with Crippen molar-refractivity contribution in [3.05, 3.63) is 30.1 Å². The van der Waals surface area contributed by atoms with Gasteiger partial charge in [0.1, 0.15) is 5.82 Å². The normalized spacial score (nSPS) is 20.1. The van der Waals surface area contributed by atoms with Crippen molar-refractivity contribution in [3.8, 4) is 0 Å². The van der Waals surface area contributed by atoms with Crippen LogP contribution in [0.2, 0.25) is 0 Å². The van der Waals surface area contributed by atoms with Crippen LogP contribution in [0.5, 0.6) is 0 Å². The lowest BCUT2D eigenvalue weighted by Gasteiger charge is -2.31. The number of para-hydroxylation sites is 1. The molecule has 17 heavy (non-hydrogen) atoms. The first-order chi connectivity index (χ1) is 8.16. The van der Waals surface area contributed by atoms with Gasteiger partial charge in [-0.1, -0.05) is 12.1 Å². The Morgan fingerprint density at radius 2 is 2.29 bits per heavy atom. The van der Waals surface area contributed by atoms with E-state index in [2.05, 4.69) is 10.6 Å². The Kier molecular flexibility index (Phi) is 3.58. The Labute approximate surface area is 99.8 Å². The second-order valence-corrected chi connectivity index (χ2v) is 4.21. The predicted molar refractivity (Wildman–Crippen MR) is 64.5 cm³/mol. The smallest absolute Gasteiger partial charge is 0.322 e. The number of anilines is 1. The van der Waals surface area contributed by atoms with Crippen molar-refractivity contribution in [2.75, 3.05) is 25.0 Å². The van der Waals surface area contributed by atoms with Crippen LogP contribution in [-0.4, -0.2) is 36.6 Å². The molecular weight excluding hydrogens is 221 g/mol. The molecule has 0 spiro atoms. The highest BCUT2D eigenvalue weighted by atomic mass is 19.1. The van der Waals surface area contributed by atoms with Gasteiger partial charge in [-0.2, -0.15) is 0 Å². The summed E-state index contributed by atoms with van der Waals surface area (Å²) in [5, 5.41) is 5.83. The number of urea groups is 1. The summed E-state index contributed by atoms with van der Waals surface area (Å²) >= 11 is 0. The maximum absolute atomic E-state index is 13.3. The summed E-state index contributed by atoms with van der Waals surface area (Å²) in [5.41, 5.74) is 0.226. The SMILES string of the molecule is C[C@H]1CN(C(=O)Nc2ccccc2F)CCN1. The summed E-state index contributed by atoms with van der Waals surface area (Å²) in [6.45, 7) is 4.07. The van der Waals surface area contributed by atoms with Crippen molar-refractivity contribution in [1.82, 2.24) is 10.2 Å². The Bertz CT molecular complexity index is 410. The molecule has 0 unspecified atom stereocenters. The van der Waals surface area contributed by atoms with Gasteiger partial charge in [-0.15, -0.1) is 0 Å². The second kappa shape index (κ2) is 5.14. The molecule has 4 nitrogen and oxygen atoms in total. The first-order valence-corrected chi connectivity index (χ1v) is 5.70. The number of nitrogens with one attached hydrogen (secondary N) is 2. The Morgan fingerprint density at radius 3 is 3.00 bits per heavy atom. The average molecular weight is 237 g/mol. The summed E-state index contributed by atoms with van der Waals surface area (Å²) in [5.74, 6) is -0.413. The second-order valence-electron chi connectivity index (χ2n) is 4.21. The number of rotatable bonds is 1. The molecule has 1 fully saturated rings. The molecule has 2 amide bonds. The van der Waals surface area contributed by atoms with Crippen LogP contribution in [0.1, 0.15) is 6.92 Å². The summed E-state index contributed by atoms with van der Waals surface area (Å²) in [6, 6.07) is 6.20. The third kappa shape index (κ3) is 2.94. The predicted octanol–water partition coefficient (Wildman–Crippen LogP) is 1.65. The maximum atomic E-state index is 13.3. The van der Waals surface area contributed by atoms with E-state index in [9.17, 15) is 9.18 Å². The fourth-order valence-electron chi connectivity index (χ4n) is 1.87. The fourth-order valence-corrected chi connectivity index (χ4v) is 1.87. The minimum atomic E-state index is -0.413. The van der Waals surface area contributed by atoms with Crippen LogP contribution >= 0.6 is 0 Å². The maximum Gasteiger partial charge on any atom is 0.322 e. The number of nitrogens with zero attached hydrogens (tertiary/aromatic N) is 1. The summed E-state index contributed by atoms with van der Waals surface area (Å²) in [4.78, 5) is 13.6. The molecule has 92 valence electrons. The number of amides is 2. The zero-order valence-electron chi connectivity index (χ0n) is 9.74. The number of piperazine rings is 1. The van der Waals surface area contributed by atoms with Gasteiger partial charge < -0.3 is 15.5 Å². The first-order valence-electron chi connectivity index (χ1n) is 5.70. The lowest BCUT2D eigenvalue weighted by Crippen LogP contribution is -2.52. The van der Waals surface area contributed by atoms with E-state index in [0.29, 0.717) is 13.1 Å². The molecule has 0 saturated carbocycles. The van der Waals surface area contributed by atoms with E-state index in [-0.39, 0.29) is 17.8 Å². The highest BCUT2D eigenvalue weighted by Gasteiger charge is 2.20. The Hall–Kier alpha value is -1.62. The van der Waals surface area contributed by atoms with Crippen molar-refractivity contribution in [2.24, 2.45) is 0 Å². The Morgan fingerprint density at radius 1 is 1.53 bits per heavy atom. The van der Waals surface area contributed by atoms with Gasteiger partial charge in [-0.25, -0.2) is 9.18 Å². The van der Waals surface area contributed by atoms with Gasteiger partial charge in [-0.3, -0.25) is 0 Å². The lowest BCUT2D eigenvalue weighted by molar-refractivity contribution is 0.192. The topological polar surface area (TPSA) is 44.4 Å². The fraction of sp³-hybridized carbons (Fsp3) is 0.417. The van der Waals surface area contributed by atoms with Crippen molar-refractivity contribution in [1.29, 1.82) is 0 Å². The minimum absolute atomic E-state index is 0.226. The van der Waals surface area contributed by atoms with Gasteiger partial charge in [-0.05, 0) is 19.1 Å². The molecule has 0 aromatic heterocycles. The zero-order valence-corrected chi connectivity index (χ0v) is 9.74. The lowest BCUT2D eigenvalue weighted by atomic mass is 10.2. The van der Waals surface area contributed by atoms with Crippen LogP contribution in [0.4, 0.5) is 14.9 Å². The number of carbonyl (C=O) groups is 1. The third-order valence-corrected chi connectivity index (χ3v) is 2.77. The van der Waals surface area contributed by atoms with E-state index >= 15 is 0 Å². The molecule has 2 rings (SSSR count). The zero-order chi connectivity index (χ0) is 12.3. The van der Waals surface area contributed by atoms with Crippen LogP contribution in [0, 0.1) is 5.82 Å². The van der Waals surface area contributed by atoms with Gasteiger partial charge in [0.05, 0.1) is 5.69 Å². The number of carbonyl (C=O) groups excluding carboxylic acids is 1. The van der Waals surface area contributed by atoms with E-state index < -0.39 is 5.82 Å². The summed E-state index contributed by atoms with van der Waals surface area (Å²) in [7, 11) is 0. The molecule has 1 heterocycles. The molecule has 0 aliphatic carbocycles. The molecule has 1 aromatic rings. The van der Waals surface area contributed by atoms with Crippen molar-refractivity contribution < 1.29 is 9.18 Å². The highest BCUT2D eigenvalue weighted by molar-refractivity contribution is 5.89. The molecule has 1 saturated heterocycles. The molecular formula is C12H16FN3O. The van der Waals surface area contributed by atoms with E-state index in [4.69, 9.17) is 0 Å². The van der Waals surface area contributed by atoms with E-state index in [0.717, 1.165) is 6.54 Å². The molecule has 1 aromatic carbocycles. The van der Waals surface area contributed by atoms with Crippen molar-refractivity contribution in [3.63, 3.8) is 0 Å². The van der Waals surface area contributed by atoms with Crippen molar-refractivity contribution in [2.45, 2.75) is 13.0 Å². The van der Waals surface area contributed by atoms with E-state index in [1.54, 1.807) is 23.1 Å². The number of hydrogen-bond acceptors (Lipinski definition) is 2. The van der Waals surface area contributed by atoms with Gasteiger partial charge >= 0.3 is 6.03 Å². The van der Waals surface area contributed by atoms with Gasteiger partial charge in [0.15, 0.2) is 0 Å². The summed E-state index contributed by atoms with van der Waals surface area (Å²) < 4.78 is 13.3. The van der Waals surface area contributed by atoms with Crippen molar-refractivity contribution >= 4 is 11.7 Å². The number of halogens is 1. The number of hydrogen-bond donors (Lipinski definition) is 2. The van der Waals surface area contributed by atoms with Crippen LogP contribution in [0.15, 0.2) is 24.3 Å². The number of benzene rings is 1. The molecule has 5 heteroatoms. The van der Waals surface area contributed by atoms with E-state index in [1.807, 2.05) is 6.92 Å². The third-order valence-electron chi connectivity index (χ3n) is 2.77. The summed E-state index contributed by atoms with van der Waals surface area (Å²) in [6.07, 6.45) is 0. The highest BCUT2D eigenvalue weighted by Crippen LogP contribution is 2.13. The molecule has 0 bridgehead atoms. The Balaban J connectivity index is 1.99. The van der Waals surface area contributed by atoms with Gasteiger partial charge in [0.25, 0.3) is 0 Å². The quantitative estimate of drug-likeness (QED) is 0.780. The van der Waals surface area contributed by atoms with Crippen LogP contribution in [-0.2, 0) is 0 Å². The van der Waals surface area contributed by atoms with Gasteiger partial charge in [0.2, 0.25) is 0 Å².